The van der Waals surface area contributed by atoms with Crippen LogP contribution in [0, 0.1) is 0 Å². The molecule has 0 aliphatic heterocycles. The molecule has 0 aromatic heterocycles. The Kier molecular flexibility index (Phi) is 4.21. The second-order valence-corrected chi connectivity index (χ2v) is 3.56. The molecule has 0 aromatic carbocycles. The van der Waals surface area contributed by atoms with Crippen molar-refractivity contribution in [3.8, 4) is 0 Å². The molecule has 2 nitrogen and oxygen atoms in total. The normalized spacial score (nSPS) is 15.9. The molecule has 0 radical (unpaired) electrons. The fourth-order valence-corrected chi connectivity index (χ4v) is 0.669. The van der Waals surface area contributed by atoms with Gasteiger partial charge in [0, 0.05) is 0 Å². The summed E-state index contributed by atoms with van der Waals surface area (Å²) in [6.45, 7) is 8.68. The minimum absolute atomic E-state index is 0.460. The highest BCUT2D eigenvalue weighted by atomic mass is 16.3. The Labute approximate surface area is 74.2 Å². The van der Waals surface area contributed by atoms with E-state index in [2.05, 4.69) is 6.58 Å². The van der Waals surface area contributed by atoms with Crippen molar-refractivity contribution in [2.75, 3.05) is 0 Å². The second kappa shape index (κ2) is 4.43. The topological polar surface area (TPSA) is 40.5 Å². The lowest BCUT2D eigenvalue weighted by molar-refractivity contribution is -0.0457. The molecule has 0 amide bonds. The van der Waals surface area contributed by atoms with Gasteiger partial charge in [-0.15, -0.1) is 0 Å². The summed E-state index contributed by atoms with van der Waals surface area (Å²) in [5, 5.41) is 18.8. The number of aliphatic hydroxyl groups excluding tert-OH is 1. The zero-order chi connectivity index (χ0) is 9.78. The number of allylic oxidation sites excluding steroid dienone is 2. The Morgan fingerprint density at radius 2 is 2.08 bits per heavy atom. The van der Waals surface area contributed by atoms with E-state index in [4.69, 9.17) is 0 Å². The maximum absolute atomic E-state index is 9.40. The molecule has 1 atom stereocenters. The van der Waals surface area contributed by atoms with Crippen LogP contribution in [-0.4, -0.2) is 21.9 Å². The van der Waals surface area contributed by atoms with Crippen LogP contribution >= 0.6 is 0 Å². The molecule has 2 N–H and O–H groups in total. The quantitative estimate of drug-likeness (QED) is 0.630. The predicted molar refractivity (Wildman–Crippen MR) is 50.9 cm³/mol. The van der Waals surface area contributed by atoms with Gasteiger partial charge in [0.25, 0.3) is 0 Å². The Bertz CT molecular complexity index is 175. The van der Waals surface area contributed by atoms with Crippen LogP contribution in [0.2, 0.25) is 0 Å². The zero-order valence-corrected chi connectivity index (χ0v) is 8.04. The van der Waals surface area contributed by atoms with Gasteiger partial charge in [0.05, 0.1) is 11.7 Å². The van der Waals surface area contributed by atoms with Gasteiger partial charge in [-0.3, -0.25) is 0 Å². The largest absolute Gasteiger partial charge is 0.390 e. The summed E-state index contributed by atoms with van der Waals surface area (Å²) >= 11 is 0. The summed E-state index contributed by atoms with van der Waals surface area (Å²) in [5.74, 6) is 0. The minimum atomic E-state index is -1.03. The van der Waals surface area contributed by atoms with Crippen molar-refractivity contribution in [2.24, 2.45) is 0 Å². The van der Waals surface area contributed by atoms with Crippen LogP contribution < -0.4 is 0 Å². The molecule has 0 aromatic rings. The molecule has 0 fully saturated rings. The van der Waals surface area contributed by atoms with Crippen LogP contribution in [0.25, 0.3) is 0 Å². The van der Waals surface area contributed by atoms with Crippen LogP contribution in [0.1, 0.15) is 27.2 Å². The van der Waals surface area contributed by atoms with E-state index in [0.717, 1.165) is 5.57 Å². The van der Waals surface area contributed by atoms with E-state index >= 15 is 0 Å². The smallest absolute Gasteiger partial charge is 0.0856 e. The molecule has 0 saturated carbocycles. The lowest BCUT2D eigenvalue weighted by atomic mass is 9.98. The third-order valence-electron chi connectivity index (χ3n) is 1.80. The average Bonchev–Trinajstić information content (AvgIpc) is 1.97. The van der Waals surface area contributed by atoms with E-state index in [1.54, 1.807) is 19.9 Å². The van der Waals surface area contributed by atoms with E-state index in [-0.39, 0.29) is 0 Å². The summed E-state index contributed by atoms with van der Waals surface area (Å²) in [6.07, 6.45) is 3.32. The standard InChI is InChI=1S/C10H18O2/c1-5-8(2)6-7-9(11)10(3,4)12/h5-6,9,11-12H,1,7H2,2-4H3. The first kappa shape index (κ1) is 11.4. The molecule has 0 saturated heterocycles. The van der Waals surface area contributed by atoms with Gasteiger partial charge < -0.3 is 10.2 Å². The molecule has 0 heterocycles. The molecular formula is C10H18O2. The van der Waals surface area contributed by atoms with Gasteiger partial charge in [0.15, 0.2) is 0 Å². The summed E-state index contributed by atoms with van der Waals surface area (Å²) in [4.78, 5) is 0. The van der Waals surface area contributed by atoms with Gasteiger partial charge in [-0.05, 0) is 27.2 Å². The average molecular weight is 170 g/mol. The van der Waals surface area contributed by atoms with Gasteiger partial charge in [0.1, 0.15) is 0 Å². The fraction of sp³-hybridized carbons (Fsp3) is 0.600. The molecule has 0 bridgehead atoms. The second-order valence-electron chi connectivity index (χ2n) is 3.56. The number of aliphatic hydroxyl groups is 2. The monoisotopic (exact) mass is 170 g/mol. The van der Waals surface area contributed by atoms with Crippen molar-refractivity contribution < 1.29 is 10.2 Å². The van der Waals surface area contributed by atoms with Gasteiger partial charge in [-0.25, -0.2) is 0 Å². The number of hydrogen-bond donors (Lipinski definition) is 2. The molecular weight excluding hydrogens is 152 g/mol. The van der Waals surface area contributed by atoms with Crippen LogP contribution in [-0.2, 0) is 0 Å². The summed E-state index contributed by atoms with van der Waals surface area (Å²) in [6, 6.07) is 0. The number of hydrogen-bond acceptors (Lipinski definition) is 2. The zero-order valence-electron chi connectivity index (χ0n) is 8.04. The third-order valence-corrected chi connectivity index (χ3v) is 1.80. The highest BCUT2D eigenvalue weighted by Gasteiger charge is 2.22. The molecule has 2 heteroatoms. The first-order valence-electron chi connectivity index (χ1n) is 4.07. The molecule has 12 heavy (non-hydrogen) atoms. The van der Waals surface area contributed by atoms with E-state index in [1.807, 2.05) is 13.0 Å². The van der Waals surface area contributed by atoms with Crippen molar-refractivity contribution in [2.45, 2.75) is 38.9 Å². The molecule has 1 unspecified atom stereocenters. The summed E-state index contributed by atoms with van der Waals surface area (Å²) < 4.78 is 0. The lowest BCUT2D eigenvalue weighted by Gasteiger charge is -2.23. The molecule has 70 valence electrons. The summed E-state index contributed by atoms with van der Waals surface area (Å²) in [5.41, 5.74) is -0.0175. The van der Waals surface area contributed by atoms with Gasteiger partial charge in [-0.1, -0.05) is 24.3 Å². The van der Waals surface area contributed by atoms with E-state index in [9.17, 15) is 10.2 Å². The maximum Gasteiger partial charge on any atom is 0.0856 e. The van der Waals surface area contributed by atoms with Crippen molar-refractivity contribution in [1.29, 1.82) is 0 Å². The van der Waals surface area contributed by atoms with Crippen molar-refractivity contribution in [3.05, 3.63) is 24.3 Å². The fourth-order valence-electron chi connectivity index (χ4n) is 0.669. The van der Waals surface area contributed by atoms with E-state index < -0.39 is 11.7 Å². The highest BCUT2D eigenvalue weighted by Crippen LogP contribution is 2.13. The molecule has 0 aliphatic carbocycles. The van der Waals surface area contributed by atoms with Gasteiger partial charge >= 0.3 is 0 Å². The third kappa shape index (κ3) is 4.31. The number of rotatable bonds is 4. The molecule has 0 spiro atoms. The minimum Gasteiger partial charge on any atom is -0.390 e. The Morgan fingerprint density at radius 1 is 1.58 bits per heavy atom. The first-order chi connectivity index (χ1) is 5.38. The molecule has 0 aliphatic rings. The Balaban J connectivity index is 4.03. The predicted octanol–water partition coefficient (Wildman–Crippen LogP) is 1.64. The molecule has 0 rings (SSSR count). The first-order valence-corrected chi connectivity index (χ1v) is 4.07. The van der Waals surface area contributed by atoms with Crippen molar-refractivity contribution >= 4 is 0 Å². The highest BCUT2D eigenvalue weighted by molar-refractivity contribution is 5.13. The van der Waals surface area contributed by atoms with Crippen molar-refractivity contribution in [3.63, 3.8) is 0 Å². The van der Waals surface area contributed by atoms with Crippen LogP contribution in [0.3, 0.4) is 0 Å². The van der Waals surface area contributed by atoms with Gasteiger partial charge in [0.2, 0.25) is 0 Å². The van der Waals surface area contributed by atoms with Crippen LogP contribution in [0.4, 0.5) is 0 Å². The lowest BCUT2D eigenvalue weighted by Crippen LogP contribution is -2.35. The van der Waals surface area contributed by atoms with Crippen LogP contribution in [0.5, 0.6) is 0 Å². The Morgan fingerprint density at radius 3 is 2.42 bits per heavy atom. The summed E-state index contributed by atoms with van der Waals surface area (Å²) in [7, 11) is 0. The van der Waals surface area contributed by atoms with Gasteiger partial charge in [-0.2, -0.15) is 0 Å². The maximum atomic E-state index is 9.40. The van der Waals surface area contributed by atoms with E-state index in [1.165, 1.54) is 0 Å². The van der Waals surface area contributed by atoms with Crippen molar-refractivity contribution in [1.82, 2.24) is 0 Å². The van der Waals surface area contributed by atoms with Crippen LogP contribution in [0.15, 0.2) is 24.3 Å². The SMILES string of the molecule is C=CC(C)=CCC(O)C(C)(C)O. The van der Waals surface area contributed by atoms with E-state index in [0.29, 0.717) is 6.42 Å². The Hall–Kier alpha value is -0.600.